The van der Waals surface area contributed by atoms with Gasteiger partial charge in [-0.3, -0.25) is 14.6 Å². The first-order valence-electron chi connectivity index (χ1n) is 7.76. The minimum Gasteiger partial charge on any atom is -0.322 e. The number of rotatable bonds is 4. The van der Waals surface area contributed by atoms with Crippen LogP contribution in [0.3, 0.4) is 0 Å². The highest BCUT2D eigenvalue weighted by atomic mass is 32.1. The van der Waals surface area contributed by atoms with Crippen molar-refractivity contribution in [2.45, 2.75) is 51.7 Å². The topological polar surface area (TPSA) is 65.5 Å². The summed E-state index contributed by atoms with van der Waals surface area (Å²) in [6, 6.07) is -0.365. The average molecular weight is 322 g/mol. The summed E-state index contributed by atoms with van der Waals surface area (Å²) in [5.41, 5.74) is 0.321. The molecule has 1 aromatic heterocycles. The van der Waals surface area contributed by atoms with Gasteiger partial charge in [-0.05, 0) is 26.7 Å². The zero-order valence-corrected chi connectivity index (χ0v) is 14.1. The molecule has 3 heterocycles. The van der Waals surface area contributed by atoms with Crippen molar-refractivity contribution in [3.63, 3.8) is 0 Å². The fraction of sp³-hybridized carbons (Fsp3) is 0.667. The fourth-order valence-corrected chi connectivity index (χ4v) is 3.96. The molecule has 1 aromatic rings. The van der Waals surface area contributed by atoms with E-state index >= 15 is 0 Å². The second kappa shape index (κ2) is 5.62. The lowest BCUT2D eigenvalue weighted by atomic mass is 9.98. The third-order valence-corrected chi connectivity index (χ3v) is 5.39. The van der Waals surface area contributed by atoms with E-state index in [2.05, 4.69) is 27.5 Å². The van der Waals surface area contributed by atoms with Crippen molar-refractivity contribution >= 4 is 23.3 Å². The molecule has 120 valence electrons. The van der Waals surface area contributed by atoms with Gasteiger partial charge in [-0.15, -0.1) is 11.3 Å². The van der Waals surface area contributed by atoms with E-state index in [9.17, 15) is 9.59 Å². The Morgan fingerprint density at radius 1 is 1.45 bits per heavy atom. The predicted octanol–water partition coefficient (Wildman–Crippen LogP) is 1.61. The summed E-state index contributed by atoms with van der Waals surface area (Å²) in [7, 11) is 0. The second-order valence-electron chi connectivity index (χ2n) is 6.33. The van der Waals surface area contributed by atoms with Crippen LogP contribution in [-0.2, 0) is 17.8 Å². The first kappa shape index (κ1) is 15.4. The smallest absolute Gasteiger partial charge is 0.322 e. The van der Waals surface area contributed by atoms with Crippen LogP contribution in [-0.4, -0.2) is 51.4 Å². The van der Waals surface area contributed by atoms with Gasteiger partial charge in [0.05, 0.1) is 10.7 Å². The number of nitrogens with one attached hydrogen (secondary N) is 1. The zero-order valence-electron chi connectivity index (χ0n) is 13.3. The quantitative estimate of drug-likeness (QED) is 0.855. The fourth-order valence-electron chi connectivity index (χ4n) is 3.22. The maximum atomic E-state index is 12.6. The number of thiazole rings is 1. The van der Waals surface area contributed by atoms with E-state index < -0.39 is 5.54 Å². The van der Waals surface area contributed by atoms with Gasteiger partial charge in [0.1, 0.15) is 5.54 Å². The summed E-state index contributed by atoms with van der Waals surface area (Å²) in [6.07, 6.45) is 1.62. The molecular weight excluding hydrogens is 300 g/mol. The number of aromatic nitrogens is 1. The highest BCUT2D eigenvalue weighted by molar-refractivity contribution is 7.09. The van der Waals surface area contributed by atoms with E-state index in [0.29, 0.717) is 13.0 Å². The Balaban J connectivity index is 1.69. The van der Waals surface area contributed by atoms with Gasteiger partial charge in [0, 0.05) is 31.1 Å². The Morgan fingerprint density at radius 3 is 2.82 bits per heavy atom. The molecule has 22 heavy (non-hydrogen) atoms. The third kappa shape index (κ3) is 2.52. The molecule has 1 unspecified atom stereocenters. The maximum absolute atomic E-state index is 12.6. The molecular formula is C15H22N4O2S. The summed E-state index contributed by atoms with van der Waals surface area (Å²) in [5.74, 6) is -0.0810. The van der Waals surface area contributed by atoms with Crippen LogP contribution in [0, 0.1) is 0 Å². The van der Waals surface area contributed by atoms with E-state index in [-0.39, 0.29) is 18.0 Å². The van der Waals surface area contributed by atoms with Gasteiger partial charge in [0.2, 0.25) is 0 Å². The number of carbonyl (C=O) groups is 2. The van der Waals surface area contributed by atoms with Crippen molar-refractivity contribution < 1.29 is 9.59 Å². The van der Waals surface area contributed by atoms with Crippen LogP contribution in [0.5, 0.6) is 0 Å². The Bertz CT molecular complexity index is 600. The summed E-state index contributed by atoms with van der Waals surface area (Å²) in [4.78, 5) is 32.8. The minimum absolute atomic E-state index is 0.0810. The van der Waals surface area contributed by atoms with E-state index in [1.54, 1.807) is 11.3 Å². The van der Waals surface area contributed by atoms with Crippen LogP contribution in [0.4, 0.5) is 4.79 Å². The lowest BCUT2D eigenvalue weighted by molar-refractivity contribution is -0.132. The van der Waals surface area contributed by atoms with Crippen molar-refractivity contribution in [2.24, 2.45) is 0 Å². The van der Waals surface area contributed by atoms with E-state index in [1.165, 1.54) is 4.90 Å². The number of imide groups is 1. The number of aryl methyl sites for hydroxylation is 1. The SMILES string of the molecule is CCc1nc(CN2CCC3(C2)NC(=O)N(C(C)C)C3=O)cs1. The van der Waals surface area contributed by atoms with Crippen LogP contribution in [0.1, 0.15) is 37.9 Å². The van der Waals surface area contributed by atoms with Gasteiger partial charge < -0.3 is 5.32 Å². The molecule has 0 bridgehead atoms. The normalized spacial score (nSPS) is 25.7. The first-order valence-corrected chi connectivity index (χ1v) is 8.64. The van der Waals surface area contributed by atoms with Gasteiger partial charge in [-0.25, -0.2) is 9.78 Å². The monoisotopic (exact) mass is 322 g/mol. The standard InChI is InChI=1S/C15H22N4O2S/c1-4-12-16-11(8-22-12)7-18-6-5-15(9-18)13(20)19(10(2)3)14(21)17-15/h8,10H,4-7,9H2,1-3H3,(H,17,21). The minimum atomic E-state index is -0.731. The van der Waals surface area contributed by atoms with Gasteiger partial charge >= 0.3 is 6.03 Å². The van der Waals surface area contributed by atoms with Crippen LogP contribution in [0.25, 0.3) is 0 Å². The summed E-state index contributed by atoms with van der Waals surface area (Å²) in [5, 5.41) is 6.14. The van der Waals surface area contributed by atoms with Crippen molar-refractivity contribution in [2.75, 3.05) is 13.1 Å². The number of urea groups is 1. The lowest BCUT2D eigenvalue weighted by Crippen LogP contribution is -2.49. The molecule has 2 fully saturated rings. The molecule has 3 amide bonds. The Morgan fingerprint density at radius 2 is 2.23 bits per heavy atom. The summed E-state index contributed by atoms with van der Waals surface area (Å²) in [6.45, 7) is 7.94. The molecule has 0 saturated carbocycles. The number of likely N-dealkylation sites (tertiary alicyclic amines) is 1. The van der Waals surface area contributed by atoms with E-state index in [4.69, 9.17) is 0 Å². The molecule has 7 heteroatoms. The molecule has 2 aliphatic heterocycles. The zero-order chi connectivity index (χ0) is 15.9. The molecule has 3 rings (SSSR count). The second-order valence-corrected chi connectivity index (χ2v) is 7.27. The van der Waals surface area contributed by atoms with Crippen molar-refractivity contribution in [3.05, 3.63) is 16.1 Å². The molecule has 2 saturated heterocycles. The van der Waals surface area contributed by atoms with E-state index in [1.807, 2.05) is 13.8 Å². The molecule has 6 nitrogen and oxygen atoms in total. The number of amides is 3. The van der Waals surface area contributed by atoms with E-state index in [0.717, 1.165) is 30.2 Å². The molecule has 0 radical (unpaired) electrons. The van der Waals surface area contributed by atoms with Crippen molar-refractivity contribution in [3.8, 4) is 0 Å². The molecule has 0 aliphatic carbocycles. The largest absolute Gasteiger partial charge is 0.325 e. The Labute approximate surface area is 134 Å². The van der Waals surface area contributed by atoms with Gasteiger partial charge in [0.15, 0.2) is 0 Å². The van der Waals surface area contributed by atoms with Gasteiger partial charge in [0.25, 0.3) is 5.91 Å². The van der Waals surface area contributed by atoms with Gasteiger partial charge in [-0.1, -0.05) is 6.92 Å². The number of hydrogen-bond acceptors (Lipinski definition) is 5. The number of carbonyl (C=O) groups excluding carboxylic acids is 2. The number of hydrogen-bond donors (Lipinski definition) is 1. The number of nitrogens with zero attached hydrogens (tertiary/aromatic N) is 3. The molecule has 2 aliphatic rings. The van der Waals surface area contributed by atoms with Crippen LogP contribution >= 0.6 is 11.3 Å². The van der Waals surface area contributed by atoms with Gasteiger partial charge in [-0.2, -0.15) is 0 Å². The lowest BCUT2D eigenvalue weighted by Gasteiger charge is -2.23. The average Bonchev–Trinajstić information content (AvgIpc) is 3.12. The Hall–Kier alpha value is -1.47. The molecule has 1 atom stereocenters. The Kier molecular flexibility index (Phi) is 3.94. The molecule has 1 N–H and O–H groups in total. The maximum Gasteiger partial charge on any atom is 0.325 e. The third-order valence-electron chi connectivity index (χ3n) is 4.35. The predicted molar refractivity (Wildman–Crippen MR) is 84.6 cm³/mol. The van der Waals surface area contributed by atoms with Crippen molar-refractivity contribution in [1.29, 1.82) is 0 Å². The molecule has 0 aromatic carbocycles. The van der Waals surface area contributed by atoms with Crippen molar-refractivity contribution in [1.82, 2.24) is 20.1 Å². The summed E-state index contributed by atoms with van der Waals surface area (Å²) >= 11 is 1.68. The van der Waals surface area contributed by atoms with Crippen LogP contribution in [0.15, 0.2) is 5.38 Å². The van der Waals surface area contributed by atoms with Crippen LogP contribution in [0.2, 0.25) is 0 Å². The summed E-state index contributed by atoms with van der Waals surface area (Å²) < 4.78 is 0. The first-order chi connectivity index (χ1) is 10.4. The highest BCUT2D eigenvalue weighted by Crippen LogP contribution is 2.30. The molecule has 1 spiro atoms. The van der Waals surface area contributed by atoms with Crippen LogP contribution < -0.4 is 5.32 Å². The highest BCUT2D eigenvalue weighted by Gasteiger charge is 2.55.